The second kappa shape index (κ2) is 6.58. The first-order valence-electron chi connectivity index (χ1n) is 4.23. The smallest absolute Gasteiger partial charge is 0.146 e. The van der Waals surface area contributed by atoms with Crippen molar-refractivity contribution in [3.8, 4) is 0 Å². The summed E-state index contributed by atoms with van der Waals surface area (Å²) in [7, 11) is 0. The molecule has 2 aliphatic rings. The largest absolute Gasteiger partial charge is 0.381 e. The summed E-state index contributed by atoms with van der Waals surface area (Å²) in [5.41, 5.74) is 0. The average Bonchev–Trinajstić information content (AvgIpc) is 2.64. The molecule has 0 amide bonds. The van der Waals surface area contributed by atoms with E-state index in [0.29, 0.717) is 6.79 Å². The zero-order valence-corrected chi connectivity index (χ0v) is 6.88. The molecule has 11 heavy (non-hydrogen) atoms. The zero-order valence-electron chi connectivity index (χ0n) is 6.88. The molecule has 0 atom stereocenters. The van der Waals surface area contributed by atoms with Gasteiger partial charge in [0.1, 0.15) is 6.79 Å². The molecule has 0 bridgehead atoms. The molecule has 2 aliphatic heterocycles. The van der Waals surface area contributed by atoms with Crippen LogP contribution in [-0.2, 0) is 14.2 Å². The Hall–Kier alpha value is -0.120. The first-order chi connectivity index (χ1) is 5.50. The lowest BCUT2D eigenvalue weighted by Gasteiger charge is -2.08. The minimum atomic E-state index is 0.500. The minimum absolute atomic E-state index is 0.500. The van der Waals surface area contributed by atoms with E-state index in [2.05, 4.69) is 0 Å². The van der Waals surface area contributed by atoms with Crippen LogP contribution in [-0.4, -0.2) is 33.2 Å². The third-order valence-corrected chi connectivity index (χ3v) is 1.62. The van der Waals surface area contributed by atoms with Gasteiger partial charge >= 0.3 is 0 Å². The second-order valence-corrected chi connectivity index (χ2v) is 2.61. The fourth-order valence-corrected chi connectivity index (χ4v) is 0.982. The molecule has 0 aromatic rings. The predicted molar refractivity (Wildman–Crippen MR) is 41.4 cm³/mol. The van der Waals surface area contributed by atoms with Crippen LogP contribution < -0.4 is 0 Å². The van der Waals surface area contributed by atoms with E-state index in [4.69, 9.17) is 14.2 Å². The molecule has 2 rings (SSSR count). The summed E-state index contributed by atoms with van der Waals surface area (Å²) in [4.78, 5) is 0. The van der Waals surface area contributed by atoms with Gasteiger partial charge in [-0.1, -0.05) is 0 Å². The minimum Gasteiger partial charge on any atom is -0.381 e. The molecule has 2 fully saturated rings. The van der Waals surface area contributed by atoms with Crippen LogP contribution in [0.2, 0.25) is 0 Å². The molecule has 0 radical (unpaired) electrons. The molecule has 66 valence electrons. The molecular weight excluding hydrogens is 144 g/mol. The van der Waals surface area contributed by atoms with Gasteiger partial charge in [-0.2, -0.15) is 0 Å². The van der Waals surface area contributed by atoms with E-state index in [1.54, 1.807) is 0 Å². The Balaban J connectivity index is 0.000000112. The summed E-state index contributed by atoms with van der Waals surface area (Å²) in [6, 6.07) is 0. The van der Waals surface area contributed by atoms with Gasteiger partial charge in [0.15, 0.2) is 0 Å². The summed E-state index contributed by atoms with van der Waals surface area (Å²) in [6.45, 7) is 4.06. The van der Waals surface area contributed by atoms with Gasteiger partial charge in [-0.3, -0.25) is 0 Å². The highest BCUT2D eigenvalue weighted by Gasteiger charge is 1.95. The molecule has 3 heteroatoms. The topological polar surface area (TPSA) is 27.7 Å². The number of rotatable bonds is 0. The average molecular weight is 160 g/mol. The van der Waals surface area contributed by atoms with Gasteiger partial charge in [-0.05, 0) is 19.3 Å². The third-order valence-electron chi connectivity index (χ3n) is 1.62. The molecule has 2 heterocycles. The maximum Gasteiger partial charge on any atom is 0.146 e. The van der Waals surface area contributed by atoms with Crippen LogP contribution in [0, 0.1) is 0 Å². The predicted octanol–water partition coefficient (Wildman–Crippen LogP) is 1.18. The Morgan fingerprint density at radius 1 is 0.545 bits per heavy atom. The summed E-state index contributed by atoms with van der Waals surface area (Å²) in [5, 5.41) is 0. The van der Waals surface area contributed by atoms with Crippen LogP contribution in [0.3, 0.4) is 0 Å². The number of hydrogen-bond donors (Lipinski definition) is 0. The van der Waals surface area contributed by atoms with Gasteiger partial charge in [0.2, 0.25) is 0 Å². The van der Waals surface area contributed by atoms with E-state index in [1.807, 2.05) is 0 Å². The van der Waals surface area contributed by atoms with Crippen LogP contribution in [0.4, 0.5) is 0 Å². The quantitative estimate of drug-likeness (QED) is 0.532. The zero-order chi connectivity index (χ0) is 7.78. The standard InChI is InChI=1S/C5H10O.C3H6O2/c1-2-4-6-5-3-1;1-2-5-3-4-1/h1-5H2;1-3H2. The van der Waals surface area contributed by atoms with Gasteiger partial charge in [0.05, 0.1) is 13.2 Å². The molecule has 0 aromatic carbocycles. The highest BCUT2D eigenvalue weighted by Crippen LogP contribution is 2.02. The highest BCUT2D eigenvalue weighted by atomic mass is 16.7. The van der Waals surface area contributed by atoms with E-state index >= 15 is 0 Å². The fourth-order valence-electron chi connectivity index (χ4n) is 0.982. The van der Waals surface area contributed by atoms with Crippen molar-refractivity contribution in [3.63, 3.8) is 0 Å². The van der Waals surface area contributed by atoms with Crippen molar-refractivity contribution in [2.45, 2.75) is 19.3 Å². The van der Waals surface area contributed by atoms with E-state index in [9.17, 15) is 0 Å². The van der Waals surface area contributed by atoms with Crippen molar-refractivity contribution in [3.05, 3.63) is 0 Å². The first kappa shape index (κ1) is 8.97. The summed E-state index contributed by atoms with van der Waals surface area (Å²) < 4.78 is 14.5. The van der Waals surface area contributed by atoms with Gasteiger partial charge in [0, 0.05) is 13.2 Å². The summed E-state index contributed by atoms with van der Waals surface area (Å²) in [6.07, 6.45) is 3.93. The van der Waals surface area contributed by atoms with E-state index in [1.165, 1.54) is 19.3 Å². The molecule has 0 unspecified atom stereocenters. The van der Waals surface area contributed by atoms with Crippen molar-refractivity contribution < 1.29 is 14.2 Å². The van der Waals surface area contributed by atoms with Gasteiger partial charge in [-0.25, -0.2) is 0 Å². The van der Waals surface area contributed by atoms with Crippen LogP contribution in [0.5, 0.6) is 0 Å². The number of ether oxygens (including phenoxy) is 3. The fraction of sp³-hybridized carbons (Fsp3) is 1.00. The van der Waals surface area contributed by atoms with E-state index < -0.39 is 0 Å². The monoisotopic (exact) mass is 160 g/mol. The highest BCUT2D eigenvalue weighted by molar-refractivity contribution is 4.45. The van der Waals surface area contributed by atoms with Crippen molar-refractivity contribution in [2.75, 3.05) is 33.2 Å². The summed E-state index contributed by atoms with van der Waals surface area (Å²) in [5.74, 6) is 0. The van der Waals surface area contributed by atoms with Crippen LogP contribution >= 0.6 is 0 Å². The SMILES string of the molecule is C1CCOCC1.C1COCO1. The maximum atomic E-state index is 5.07. The Bertz CT molecular complexity index is 58.3. The van der Waals surface area contributed by atoms with Gasteiger partial charge in [-0.15, -0.1) is 0 Å². The Morgan fingerprint density at radius 2 is 1.18 bits per heavy atom. The Kier molecular flexibility index (Phi) is 5.37. The molecule has 0 saturated carbocycles. The molecule has 2 saturated heterocycles. The van der Waals surface area contributed by atoms with Crippen molar-refractivity contribution in [1.82, 2.24) is 0 Å². The first-order valence-corrected chi connectivity index (χ1v) is 4.23. The molecule has 0 N–H and O–H groups in total. The van der Waals surface area contributed by atoms with Crippen molar-refractivity contribution in [1.29, 1.82) is 0 Å². The van der Waals surface area contributed by atoms with Crippen LogP contribution in [0.25, 0.3) is 0 Å². The Labute approximate surface area is 67.6 Å². The Morgan fingerprint density at radius 3 is 1.36 bits per heavy atom. The molecule has 3 nitrogen and oxygen atoms in total. The second-order valence-electron chi connectivity index (χ2n) is 2.61. The number of hydrogen-bond acceptors (Lipinski definition) is 3. The maximum absolute atomic E-state index is 5.07. The molecule has 0 aliphatic carbocycles. The third kappa shape index (κ3) is 5.18. The lowest BCUT2D eigenvalue weighted by Crippen LogP contribution is -2.03. The molecular formula is C8H16O3. The van der Waals surface area contributed by atoms with Crippen LogP contribution in [0.1, 0.15) is 19.3 Å². The molecule has 0 spiro atoms. The van der Waals surface area contributed by atoms with Crippen molar-refractivity contribution in [2.24, 2.45) is 0 Å². The van der Waals surface area contributed by atoms with Gasteiger partial charge in [0.25, 0.3) is 0 Å². The van der Waals surface area contributed by atoms with E-state index in [-0.39, 0.29) is 0 Å². The lowest BCUT2D eigenvalue weighted by molar-refractivity contribution is 0.0692. The van der Waals surface area contributed by atoms with Crippen LogP contribution in [0.15, 0.2) is 0 Å². The lowest BCUT2D eigenvalue weighted by atomic mass is 10.2. The van der Waals surface area contributed by atoms with Gasteiger partial charge < -0.3 is 14.2 Å². The molecule has 0 aromatic heterocycles. The summed E-state index contributed by atoms with van der Waals surface area (Å²) >= 11 is 0. The van der Waals surface area contributed by atoms with E-state index in [0.717, 1.165) is 26.4 Å². The van der Waals surface area contributed by atoms with Crippen molar-refractivity contribution >= 4 is 0 Å². The normalized spacial score (nSPS) is 24.0.